The second kappa shape index (κ2) is 6.02. The van der Waals surface area contributed by atoms with Gasteiger partial charge in [0.2, 0.25) is 0 Å². The van der Waals surface area contributed by atoms with E-state index in [1.54, 1.807) is 19.2 Å². The van der Waals surface area contributed by atoms with Crippen LogP contribution in [-0.2, 0) is 11.3 Å². The van der Waals surface area contributed by atoms with E-state index in [0.29, 0.717) is 12.1 Å². The van der Waals surface area contributed by atoms with Gasteiger partial charge in [0.05, 0.1) is 0 Å². The van der Waals surface area contributed by atoms with Gasteiger partial charge in [0.15, 0.2) is 0 Å². The van der Waals surface area contributed by atoms with Gasteiger partial charge in [0.1, 0.15) is 0 Å². The fourth-order valence-electron chi connectivity index (χ4n) is 1.22. The van der Waals surface area contributed by atoms with Gasteiger partial charge in [0, 0.05) is 31.1 Å². The highest BCUT2D eigenvalue weighted by Crippen LogP contribution is 2.03. The normalized spacial score (nSPS) is 11.5. The maximum absolute atomic E-state index is 10.5. The van der Waals surface area contributed by atoms with Gasteiger partial charge in [-0.2, -0.15) is 0 Å². The molecule has 4 nitrogen and oxygen atoms in total. The first-order valence-corrected chi connectivity index (χ1v) is 5.11. The zero-order valence-electron chi connectivity index (χ0n) is 9.53. The summed E-state index contributed by atoms with van der Waals surface area (Å²) in [5.41, 5.74) is 2.67. The molecule has 0 bridgehead atoms. The molecule has 4 heteroatoms. The predicted octanol–water partition coefficient (Wildman–Crippen LogP) is 1.51. The Hall–Kier alpha value is -1.68. The third kappa shape index (κ3) is 3.82. The maximum atomic E-state index is 10.5. The van der Waals surface area contributed by atoms with E-state index in [-0.39, 0.29) is 0 Å². The van der Waals surface area contributed by atoms with Crippen molar-refractivity contribution in [3.05, 3.63) is 41.2 Å². The zero-order valence-corrected chi connectivity index (χ0v) is 9.53. The minimum absolute atomic E-state index is 0.360. The number of rotatable bonds is 5. The van der Waals surface area contributed by atoms with Gasteiger partial charge in [0.25, 0.3) is 0 Å². The van der Waals surface area contributed by atoms with Crippen LogP contribution in [0.25, 0.3) is 0 Å². The van der Waals surface area contributed by atoms with Crippen LogP contribution in [0, 0.1) is 6.92 Å². The van der Waals surface area contributed by atoms with E-state index in [2.05, 4.69) is 10.3 Å². The lowest BCUT2D eigenvalue weighted by Gasteiger charge is -2.05. The number of hydrogen-bond acceptors (Lipinski definition) is 3. The number of hydrogen-bond donors (Lipinski definition) is 2. The van der Waals surface area contributed by atoms with Gasteiger partial charge < -0.3 is 10.4 Å². The lowest BCUT2D eigenvalue weighted by atomic mass is 10.1. The van der Waals surface area contributed by atoms with Crippen molar-refractivity contribution in [2.24, 2.45) is 0 Å². The summed E-state index contributed by atoms with van der Waals surface area (Å²) in [7, 11) is 0. The number of aliphatic carboxylic acids is 1. The van der Waals surface area contributed by atoms with E-state index in [1.807, 2.05) is 19.2 Å². The molecule has 0 saturated carbocycles. The van der Waals surface area contributed by atoms with Crippen molar-refractivity contribution in [3.63, 3.8) is 0 Å². The highest BCUT2D eigenvalue weighted by molar-refractivity contribution is 5.85. The summed E-state index contributed by atoms with van der Waals surface area (Å²) in [4.78, 5) is 14.5. The van der Waals surface area contributed by atoms with E-state index >= 15 is 0 Å². The Morgan fingerprint density at radius 1 is 1.62 bits per heavy atom. The number of aromatic nitrogens is 1. The summed E-state index contributed by atoms with van der Waals surface area (Å²) in [6.45, 7) is 4.86. The predicted molar refractivity (Wildman–Crippen MR) is 62.1 cm³/mol. The molecule has 0 spiro atoms. The van der Waals surface area contributed by atoms with Crippen molar-refractivity contribution in [3.8, 4) is 0 Å². The first-order valence-electron chi connectivity index (χ1n) is 5.11. The number of nitrogens with one attached hydrogen (secondary N) is 1. The van der Waals surface area contributed by atoms with Gasteiger partial charge in [-0.05, 0) is 31.0 Å². The third-order valence-electron chi connectivity index (χ3n) is 2.34. The monoisotopic (exact) mass is 220 g/mol. The van der Waals surface area contributed by atoms with Crippen LogP contribution in [-0.4, -0.2) is 22.6 Å². The Kier molecular flexibility index (Phi) is 4.66. The molecule has 86 valence electrons. The molecule has 0 saturated heterocycles. The molecule has 0 atom stereocenters. The summed E-state index contributed by atoms with van der Waals surface area (Å²) in [5, 5.41) is 11.8. The number of pyridine rings is 1. The molecular formula is C12H16N2O2. The highest BCUT2D eigenvalue weighted by Gasteiger charge is 1.99. The van der Waals surface area contributed by atoms with Gasteiger partial charge in [-0.1, -0.05) is 6.08 Å². The average molecular weight is 220 g/mol. The van der Waals surface area contributed by atoms with Gasteiger partial charge in [-0.3, -0.25) is 4.98 Å². The summed E-state index contributed by atoms with van der Waals surface area (Å²) in [6, 6.07) is 1.95. The molecule has 1 heterocycles. The lowest BCUT2D eigenvalue weighted by molar-refractivity contribution is -0.132. The molecular weight excluding hydrogens is 204 g/mol. The number of nitrogens with zero attached hydrogens (tertiary/aromatic N) is 1. The van der Waals surface area contributed by atoms with Crippen LogP contribution in [0.15, 0.2) is 30.1 Å². The summed E-state index contributed by atoms with van der Waals surface area (Å²) < 4.78 is 0. The Balaban J connectivity index is 2.40. The molecule has 1 aromatic heterocycles. The molecule has 0 unspecified atom stereocenters. The molecule has 1 rings (SSSR count). The van der Waals surface area contributed by atoms with Crippen LogP contribution in [0.5, 0.6) is 0 Å². The summed E-state index contributed by atoms with van der Waals surface area (Å²) >= 11 is 0. The summed E-state index contributed by atoms with van der Waals surface area (Å²) in [6.07, 6.45) is 5.23. The molecule has 0 aliphatic rings. The Morgan fingerprint density at radius 2 is 2.38 bits per heavy atom. The van der Waals surface area contributed by atoms with Crippen molar-refractivity contribution in [1.29, 1.82) is 0 Å². The quantitative estimate of drug-likeness (QED) is 0.583. The van der Waals surface area contributed by atoms with Crippen molar-refractivity contribution in [2.45, 2.75) is 20.4 Å². The SMILES string of the molecule is C/C(=C/CNCc1ccncc1C)C(=O)O. The molecule has 2 N–H and O–H groups in total. The highest BCUT2D eigenvalue weighted by atomic mass is 16.4. The van der Waals surface area contributed by atoms with Crippen LogP contribution in [0.2, 0.25) is 0 Å². The van der Waals surface area contributed by atoms with Crippen LogP contribution in [0.4, 0.5) is 0 Å². The molecule has 0 aliphatic carbocycles. The minimum Gasteiger partial charge on any atom is -0.478 e. The van der Waals surface area contributed by atoms with E-state index in [4.69, 9.17) is 5.11 Å². The number of carboxylic acid groups (broad SMARTS) is 1. The molecule has 0 amide bonds. The smallest absolute Gasteiger partial charge is 0.330 e. The Morgan fingerprint density at radius 3 is 3.00 bits per heavy atom. The average Bonchev–Trinajstić information content (AvgIpc) is 2.26. The van der Waals surface area contributed by atoms with Crippen molar-refractivity contribution < 1.29 is 9.90 Å². The fourth-order valence-corrected chi connectivity index (χ4v) is 1.22. The first-order chi connectivity index (χ1) is 7.61. The van der Waals surface area contributed by atoms with Crippen LogP contribution in [0.3, 0.4) is 0 Å². The number of aryl methyl sites for hydroxylation is 1. The van der Waals surface area contributed by atoms with Gasteiger partial charge >= 0.3 is 5.97 Å². The topological polar surface area (TPSA) is 62.2 Å². The third-order valence-corrected chi connectivity index (χ3v) is 2.34. The molecule has 16 heavy (non-hydrogen) atoms. The second-order valence-electron chi connectivity index (χ2n) is 3.63. The molecule has 0 aromatic carbocycles. The van der Waals surface area contributed by atoms with Crippen molar-refractivity contribution >= 4 is 5.97 Å². The molecule has 0 fully saturated rings. The molecule has 1 aromatic rings. The number of carboxylic acids is 1. The molecule has 0 radical (unpaired) electrons. The Bertz CT molecular complexity index is 400. The fraction of sp³-hybridized carbons (Fsp3) is 0.333. The van der Waals surface area contributed by atoms with E-state index in [9.17, 15) is 4.79 Å². The Labute approximate surface area is 95.0 Å². The van der Waals surface area contributed by atoms with Crippen LogP contribution in [0.1, 0.15) is 18.1 Å². The number of carbonyl (C=O) groups is 1. The zero-order chi connectivity index (χ0) is 12.0. The van der Waals surface area contributed by atoms with E-state index < -0.39 is 5.97 Å². The maximum Gasteiger partial charge on any atom is 0.330 e. The minimum atomic E-state index is -0.873. The van der Waals surface area contributed by atoms with Gasteiger partial charge in [-0.25, -0.2) is 4.79 Å². The second-order valence-corrected chi connectivity index (χ2v) is 3.63. The van der Waals surface area contributed by atoms with Crippen molar-refractivity contribution in [1.82, 2.24) is 10.3 Å². The van der Waals surface area contributed by atoms with Crippen molar-refractivity contribution in [2.75, 3.05) is 6.54 Å². The van der Waals surface area contributed by atoms with Crippen LogP contribution >= 0.6 is 0 Å². The molecule has 0 aliphatic heterocycles. The largest absolute Gasteiger partial charge is 0.478 e. The van der Waals surface area contributed by atoms with Gasteiger partial charge in [-0.15, -0.1) is 0 Å². The van der Waals surface area contributed by atoms with Crippen LogP contribution < -0.4 is 5.32 Å². The summed E-state index contributed by atoms with van der Waals surface area (Å²) in [5.74, 6) is -0.873. The van der Waals surface area contributed by atoms with E-state index in [1.165, 1.54) is 5.56 Å². The van der Waals surface area contributed by atoms with E-state index in [0.717, 1.165) is 12.1 Å². The standard InChI is InChI=1S/C12H16N2O2/c1-9(12(15)16)3-5-14-8-11-4-6-13-7-10(11)2/h3-4,6-7,14H,5,8H2,1-2H3,(H,15,16)/b9-3-. The lowest BCUT2D eigenvalue weighted by Crippen LogP contribution is -2.15. The first kappa shape index (κ1) is 12.4.